The normalized spacial score (nSPS) is 12.2. The summed E-state index contributed by atoms with van der Waals surface area (Å²) in [7, 11) is 0. The molecule has 0 unspecified atom stereocenters. The Morgan fingerprint density at radius 3 is 2.09 bits per heavy atom. The van der Waals surface area contributed by atoms with Crippen LogP contribution in [0.15, 0.2) is 42.5 Å². The summed E-state index contributed by atoms with van der Waals surface area (Å²) < 4.78 is 0. The lowest BCUT2D eigenvalue weighted by Crippen LogP contribution is -2.49. The Balaban J connectivity index is 2.24. The van der Waals surface area contributed by atoms with Gasteiger partial charge >= 0.3 is 0 Å². The first-order chi connectivity index (χ1) is 15.6. The van der Waals surface area contributed by atoms with Gasteiger partial charge in [-0.25, -0.2) is 0 Å². The highest BCUT2D eigenvalue weighted by molar-refractivity contribution is 6.36. The van der Waals surface area contributed by atoms with Crippen molar-refractivity contribution in [2.24, 2.45) is 5.92 Å². The molecule has 0 bridgehead atoms. The lowest BCUT2D eigenvalue weighted by atomic mass is 10.00. The molecule has 0 radical (unpaired) electrons. The number of hydrogen-bond donors (Lipinski definition) is 1. The molecular weight excluding hydrogens is 455 g/mol. The number of carbonyl (C=O) groups is 2. The quantitative estimate of drug-likeness (QED) is 0.384. The van der Waals surface area contributed by atoms with Crippen LogP contribution in [0.4, 0.5) is 0 Å². The van der Waals surface area contributed by atoms with Crippen molar-refractivity contribution in [2.75, 3.05) is 6.54 Å². The molecule has 0 spiro atoms. The average molecular weight is 492 g/mol. The molecule has 6 heteroatoms. The van der Waals surface area contributed by atoms with Gasteiger partial charge in [-0.3, -0.25) is 9.59 Å². The standard InChI is InChI=1S/C27H36Cl2N2O2/c1-6-25(27(33)30-16-18(2)3)31(17-22-23(28)8-7-9-24(22)29)26(32)15-12-20-10-13-21(14-11-20)19(4)5/h7-11,13-14,18-19,25H,6,12,15-17H2,1-5H3,(H,30,33)/t25-/m0/s1. The molecule has 2 amide bonds. The van der Waals surface area contributed by atoms with E-state index in [1.54, 1.807) is 23.1 Å². The first-order valence-electron chi connectivity index (χ1n) is 11.7. The minimum Gasteiger partial charge on any atom is -0.354 e. The van der Waals surface area contributed by atoms with E-state index in [9.17, 15) is 9.59 Å². The fourth-order valence-corrected chi connectivity index (χ4v) is 4.18. The molecule has 2 aromatic carbocycles. The maximum Gasteiger partial charge on any atom is 0.242 e. The smallest absolute Gasteiger partial charge is 0.242 e. The third-order valence-corrected chi connectivity index (χ3v) is 6.44. The Hall–Kier alpha value is -2.04. The molecule has 4 nitrogen and oxygen atoms in total. The Morgan fingerprint density at radius 2 is 1.58 bits per heavy atom. The molecule has 0 aliphatic heterocycles. The van der Waals surface area contributed by atoms with Crippen LogP contribution in [0.25, 0.3) is 0 Å². The number of carbonyl (C=O) groups excluding carboxylic acids is 2. The molecule has 2 rings (SSSR count). The number of rotatable bonds is 11. The lowest BCUT2D eigenvalue weighted by molar-refractivity contribution is -0.141. The average Bonchev–Trinajstić information content (AvgIpc) is 2.78. The van der Waals surface area contributed by atoms with Gasteiger partial charge in [-0.05, 0) is 47.9 Å². The maximum absolute atomic E-state index is 13.4. The van der Waals surface area contributed by atoms with Crippen molar-refractivity contribution in [3.8, 4) is 0 Å². The third kappa shape index (κ3) is 8.04. The molecule has 1 N–H and O–H groups in total. The number of benzene rings is 2. The van der Waals surface area contributed by atoms with E-state index >= 15 is 0 Å². The third-order valence-electron chi connectivity index (χ3n) is 5.73. The van der Waals surface area contributed by atoms with Crippen LogP contribution in [0.5, 0.6) is 0 Å². The lowest BCUT2D eigenvalue weighted by Gasteiger charge is -2.31. The number of hydrogen-bond acceptors (Lipinski definition) is 2. The van der Waals surface area contributed by atoms with Crippen molar-refractivity contribution in [1.82, 2.24) is 10.2 Å². The molecule has 0 fully saturated rings. The summed E-state index contributed by atoms with van der Waals surface area (Å²) in [4.78, 5) is 28.0. The summed E-state index contributed by atoms with van der Waals surface area (Å²) in [5, 5.41) is 3.95. The fraction of sp³-hybridized carbons (Fsp3) is 0.481. The van der Waals surface area contributed by atoms with E-state index < -0.39 is 6.04 Å². The molecule has 0 saturated carbocycles. The molecule has 0 aliphatic rings. The topological polar surface area (TPSA) is 49.4 Å². The van der Waals surface area contributed by atoms with Crippen LogP contribution in [-0.2, 0) is 22.6 Å². The van der Waals surface area contributed by atoms with Crippen molar-refractivity contribution in [1.29, 1.82) is 0 Å². The number of nitrogens with one attached hydrogen (secondary N) is 1. The zero-order chi connectivity index (χ0) is 24.5. The second-order valence-corrected chi connectivity index (χ2v) is 10.00. The first kappa shape index (κ1) is 27.2. The maximum atomic E-state index is 13.4. The second kappa shape index (κ2) is 13.0. The zero-order valence-electron chi connectivity index (χ0n) is 20.3. The number of halogens is 2. The van der Waals surface area contributed by atoms with Crippen LogP contribution < -0.4 is 5.32 Å². The van der Waals surface area contributed by atoms with Crippen LogP contribution in [0.1, 0.15) is 70.1 Å². The highest BCUT2D eigenvalue weighted by Gasteiger charge is 2.29. The van der Waals surface area contributed by atoms with E-state index in [0.29, 0.717) is 53.3 Å². The van der Waals surface area contributed by atoms with Crippen molar-refractivity contribution in [3.05, 3.63) is 69.2 Å². The molecule has 0 aliphatic carbocycles. The summed E-state index contributed by atoms with van der Waals surface area (Å²) in [6, 6.07) is 13.1. The summed E-state index contributed by atoms with van der Waals surface area (Å²) in [6.07, 6.45) is 1.41. The van der Waals surface area contributed by atoms with Crippen molar-refractivity contribution >= 4 is 35.0 Å². The van der Waals surface area contributed by atoms with Gasteiger partial charge in [0.15, 0.2) is 0 Å². The second-order valence-electron chi connectivity index (χ2n) is 9.18. The Bertz CT molecular complexity index is 906. The van der Waals surface area contributed by atoms with Gasteiger partial charge in [0.1, 0.15) is 6.04 Å². The molecule has 33 heavy (non-hydrogen) atoms. The van der Waals surface area contributed by atoms with Crippen LogP contribution in [0.3, 0.4) is 0 Å². The molecule has 0 aromatic heterocycles. The van der Waals surface area contributed by atoms with Gasteiger partial charge in [0, 0.05) is 35.1 Å². The van der Waals surface area contributed by atoms with Gasteiger partial charge in [-0.2, -0.15) is 0 Å². The predicted molar refractivity (Wildman–Crippen MR) is 138 cm³/mol. The monoisotopic (exact) mass is 490 g/mol. The van der Waals surface area contributed by atoms with Crippen molar-refractivity contribution in [2.45, 2.75) is 72.4 Å². The largest absolute Gasteiger partial charge is 0.354 e. The molecule has 1 atom stereocenters. The minimum atomic E-state index is -0.591. The highest BCUT2D eigenvalue weighted by atomic mass is 35.5. The minimum absolute atomic E-state index is 0.0922. The van der Waals surface area contributed by atoms with Crippen LogP contribution in [0, 0.1) is 5.92 Å². The van der Waals surface area contributed by atoms with Crippen molar-refractivity contribution in [3.63, 3.8) is 0 Å². The Morgan fingerprint density at radius 1 is 0.970 bits per heavy atom. The number of amides is 2. The molecule has 0 saturated heterocycles. The zero-order valence-corrected chi connectivity index (χ0v) is 21.8. The summed E-state index contributed by atoms with van der Waals surface area (Å²) in [6.45, 7) is 11.1. The van der Waals surface area contributed by atoms with E-state index in [1.807, 2.05) is 20.8 Å². The van der Waals surface area contributed by atoms with Gasteiger partial charge in [-0.1, -0.05) is 88.2 Å². The van der Waals surface area contributed by atoms with Crippen molar-refractivity contribution < 1.29 is 9.59 Å². The first-order valence-corrected chi connectivity index (χ1v) is 12.5. The van der Waals surface area contributed by atoms with Crippen LogP contribution in [-0.4, -0.2) is 29.3 Å². The molecule has 180 valence electrons. The van der Waals surface area contributed by atoms with E-state index in [4.69, 9.17) is 23.2 Å². The van der Waals surface area contributed by atoms with Gasteiger partial charge in [0.2, 0.25) is 11.8 Å². The fourth-order valence-electron chi connectivity index (χ4n) is 3.66. The van der Waals surface area contributed by atoms with Gasteiger partial charge in [0.05, 0.1) is 0 Å². The molecule has 0 heterocycles. The van der Waals surface area contributed by atoms with Crippen LogP contribution >= 0.6 is 23.2 Å². The van der Waals surface area contributed by atoms with E-state index in [2.05, 4.69) is 43.4 Å². The summed E-state index contributed by atoms with van der Waals surface area (Å²) in [5.74, 6) is 0.545. The van der Waals surface area contributed by atoms with Crippen LogP contribution in [0.2, 0.25) is 10.0 Å². The molecular formula is C27H36Cl2N2O2. The summed E-state index contributed by atoms with van der Waals surface area (Å²) >= 11 is 12.8. The van der Waals surface area contributed by atoms with Gasteiger partial charge in [0.25, 0.3) is 0 Å². The van der Waals surface area contributed by atoms with Gasteiger partial charge < -0.3 is 10.2 Å². The van der Waals surface area contributed by atoms with E-state index in [1.165, 1.54) is 5.56 Å². The predicted octanol–water partition coefficient (Wildman–Crippen LogP) is 6.63. The SMILES string of the molecule is CC[C@@H](C(=O)NCC(C)C)N(Cc1c(Cl)cccc1Cl)C(=O)CCc1ccc(C(C)C)cc1. The Kier molecular flexibility index (Phi) is 10.7. The Labute approximate surface area is 208 Å². The van der Waals surface area contributed by atoms with Gasteiger partial charge in [-0.15, -0.1) is 0 Å². The van der Waals surface area contributed by atoms with E-state index in [0.717, 1.165) is 5.56 Å². The highest BCUT2D eigenvalue weighted by Crippen LogP contribution is 2.27. The molecule has 2 aromatic rings. The number of aryl methyl sites for hydroxylation is 1. The number of nitrogens with zero attached hydrogens (tertiary/aromatic N) is 1. The summed E-state index contributed by atoms with van der Waals surface area (Å²) in [5.41, 5.74) is 3.03. The van der Waals surface area contributed by atoms with E-state index in [-0.39, 0.29) is 18.4 Å².